The van der Waals surface area contributed by atoms with Crippen molar-refractivity contribution in [2.24, 2.45) is 5.92 Å². The number of amides is 1. The summed E-state index contributed by atoms with van der Waals surface area (Å²) in [4.78, 5) is 20.6. The molecule has 7 heteroatoms. The topological polar surface area (TPSA) is 67.8 Å². The first kappa shape index (κ1) is 18.0. The summed E-state index contributed by atoms with van der Waals surface area (Å²) in [7, 11) is 1.35. The smallest absolute Gasteiger partial charge is 0.324 e. The maximum atomic E-state index is 11.2. The van der Waals surface area contributed by atoms with Crippen LogP contribution >= 0.6 is 6.72 Å². The Hall–Kier alpha value is 0. The first-order valence-electron chi connectivity index (χ1n) is 6.20. The fourth-order valence-electron chi connectivity index (χ4n) is 1.23. The number of rotatable bonds is 10. The predicted octanol–water partition coefficient (Wildman–Crippen LogP) is 2.20. The van der Waals surface area contributed by atoms with Crippen LogP contribution in [0.5, 0.6) is 0 Å². The molecule has 0 radical (unpaired) electrons. The van der Waals surface area contributed by atoms with Crippen molar-refractivity contribution in [1.82, 2.24) is 5.32 Å². The van der Waals surface area contributed by atoms with Gasteiger partial charge in [0.2, 0.25) is 5.91 Å². The van der Waals surface area contributed by atoms with Gasteiger partial charge in [-0.05, 0) is 24.6 Å². The minimum Gasteiger partial charge on any atom is -0.356 e. The van der Waals surface area contributed by atoms with Crippen LogP contribution in [0.3, 0.4) is 0 Å². The third-order valence-corrected chi connectivity index (χ3v) is 4.11. The van der Waals surface area contributed by atoms with Crippen molar-refractivity contribution in [3.63, 3.8) is 0 Å². The highest BCUT2D eigenvalue weighted by atomic mass is 32.5. The zero-order valence-corrected chi connectivity index (χ0v) is 13.1. The van der Waals surface area contributed by atoms with Gasteiger partial charge in [-0.25, -0.2) is 0 Å². The van der Waals surface area contributed by atoms with Gasteiger partial charge in [-0.2, -0.15) is 0 Å². The molecule has 1 amide bonds. The van der Waals surface area contributed by atoms with E-state index in [1.807, 2.05) is 13.8 Å². The summed E-state index contributed by atoms with van der Waals surface area (Å²) in [6.07, 6.45) is 3.79. The Kier molecular flexibility index (Phi) is 9.87. The highest BCUT2D eigenvalue weighted by Crippen LogP contribution is 2.42. The van der Waals surface area contributed by atoms with E-state index in [4.69, 9.17) is 16.3 Å². The van der Waals surface area contributed by atoms with Crippen LogP contribution in [0.2, 0.25) is 0 Å². The quantitative estimate of drug-likeness (QED) is 0.478. The third kappa shape index (κ3) is 9.97. The van der Waals surface area contributed by atoms with Crippen molar-refractivity contribution >= 4 is 24.4 Å². The highest BCUT2D eigenvalue weighted by molar-refractivity contribution is 8.07. The summed E-state index contributed by atoms with van der Waals surface area (Å²) in [6.45, 7) is 1.90. The average Bonchev–Trinajstić information content (AvgIpc) is 2.32. The van der Waals surface area contributed by atoms with Crippen molar-refractivity contribution in [2.45, 2.75) is 39.5 Å². The van der Waals surface area contributed by atoms with Gasteiger partial charge in [0.15, 0.2) is 0 Å². The minimum absolute atomic E-state index is 0.0427. The summed E-state index contributed by atoms with van der Waals surface area (Å²) >= 11 is 4.69. The molecule has 108 valence electrons. The number of nitrogens with one attached hydrogen (secondary N) is 1. The van der Waals surface area contributed by atoms with Gasteiger partial charge in [0, 0.05) is 19.6 Å². The molecule has 5 nitrogen and oxygen atoms in total. The van der Waals surface area contributed by atoms with Gasteiger partial charge in [-0.15, -0.1) is 0 Å². The van der Waals surface area contributed by atoms with E-state index in [0.29, 0.717) is 13.2 Å². The second-order valence-electron chi connectivity index (χ2n) is 4.34. The standard InChI is InChI=1S/C11H24NO4PS/c1-10(2)11(13)12-8-6-4-5-7-9-16-17(14,18)15-3/h10H,4-9H2,1-3H3,(H,12,13)(H,14,18). The maximum Gasteiger partial charge on any atom is 0.324 e. The lowest BCUT2D eigenvalue weighted by molar-refractivity contribution is -0.123. The zero-order valence-electron chi connectivity index (χ0n) is 11.3. The van der Waals surface area contributed by atoms with Crippen LogP contribution in [0.15, 0.2) is 0 Å². The molecule has 0 heterocycles. The highest BCUT2D eigenvalue weighted by Gasteiger charge is 2.10. The van der Waals surface area contributed by atoms with Crippen LogP contribution in [-0.2, 0) is 25.6 Å². The molecule has 1 atom stereocenters. The minimum atomic E-state index is -2.98. The molecular weight excluding hydrogens is 273 g/mol. The van der Waals surface area contributed by atoms with Gasteiger partial charge in [0.1, 0.15) is 0 Å². The summed E-state index contributed by atoms with van der Waals surface area (Å²) < 4.78 is 9.69. The summed E-state index contributed by atoms with van der Waals surface area (Å²) in [5.41, 5.74) is 0. The number of hydrogen-bond donors (Lipinski definition) is 2. The molecule has 0 fully saturated rings. The van der Waals surface area contributed by atoms with E-state index in [-0.39, 0.29) is 11.8 Å². The molecule has 2 N–H and O–H groups in total. The Morgan fingerprint density at radius 2 is 1.94 bits per heavy atom. The van der Waals surface area contributed by atoms with E-state index in [2.05, 4.69) is 9.84 Å². The Balaban J connectivity index is 3.32. The van der Waals surface area contributed by atoms with E-state index in [9.17, 15) is 9.69 Å². The molecule has 0 aromatic heterocycles. The van der Waals surface area contributed by atoms with Gasteiger partial charge in [0.05, 0.1) is 6.61 Å². The molecule has 0 aliphatic carbocycles. The van der Waals surface area contributed by atoms with Crippen molar-refractivity contribution in [3.8, 4) is 0 Å². The molecule has 0 aliphatic rings. The van der Waals surface area contributed by atoms with Gasteiger partial charge < -0.3 is 19.3 Å². The van der Waals surface area contributed by atoms with Gasteiger partial charge >= 0.3 is 6.72 Å². The third-order valence-electron chi connectivity index (χ3n) is 2.38. The molecule has 18 heavy (non-hydrogen) atoms. The largest absolute Gasteiger partial charge is 0.356 e. The zero-order chi connectivity index (χ0) is 14.0. The van der Waals surface area contributed by atoms with Gasteiger partial charge in [-0.3, -0.25) is 4.79 Å². The van der Waals surface area contributed by atoms with E-state index in [0.717, 1.165) is 25.7 Å². The van der Waals surface area contributed by atoms with Crippen LogP contribution in [-0.4, -0.2) is 31.1 Å². The van der Waals surface area contributed by atoms with Crippen LogP contribution in [0, 0.1) is 5.92 Å². The van der Waals surface area contributed by atoms with E-state index >= 15 is 0 Å². The second kappa shape index (κ2) is 9.87. The molecule has 0 saturated carbocycles. The number of hydrogen-bond acceptors (Lipinski definition) is 4. The molecule has 0 saturated heterocycles. The second-order valence-corrected chi connectivity index (χ2v) is 7.29. The first-order valence-corrected chi connectivity index (χ1v) is 8.79. The maximum absolute atomic E-state index is 11.2. The molecule has 0 spiro atoms. The molecule has 0 bridgehead atoms. The first-order chi connectivity index (χ1) is 8.39. The SMILES string of the molecule is COP(O)(=S)OCCCCCCNC(=O)C(C)C. The van der Waals surface area contributed by atoms with Gasteiger partial charge in [-0.1, -0.05) is 26.7 Å². The molecular formula is C11H24NO4PS. The number of carbonyl (C=O) groups is 1. The van der Waals surface area contributed by atoms with Crippen molar-refractivity contribution < 1.29 is 18.7 Å². The van der Waals surface area contributed by atoms with Crippen LogP contribution in [0.1, 0.15) is 39.5 Å². The molecule has 0 aromatic carbocycles. The van der Waals surface area contributed by atoms with Gasteiger partial charge in [0.25, 0.3) is 0 Å². The lowest BCUT2D eigenvalue weighted by Gasteiger charge is -2.12. The van der Waals surface area contributed by atoms with Crippen LogP contribution in [0.25, 0.3) is 0 Å². The fourth-order valence-corrected chi connectivity index (χ4v) is 1.92. The van der Waals surface area contributed by atoms with Crippen molar-refractivity contribution in [2.75, 3.05) is 20.3 Å². The monoisotopic (exact) mass is 297 g/mol. The van der Waals surface area contributed by atoms with E-state index in [1.54, 1.807) is 0 Å². The van der Waals surface area contributed by atoms with Crippen molar-refractivity contribution in [3.05, 3.63) is 0 Å². The number of carbonyl (C=O) groups excluding carboxylic acids is 1. The Morgan fingerprint density at radius 1 is 1.33 bits per heavy atom. The van der Waals surface area contributed by atoms with Crippen LogP contribution in [0.4, 0.5) is 0 Å². The Bertz CT molecular complexity index is 286. The average molecular weight is 297 g/mol. The molecule has 0 rings (SSSR count). The predicted molar refractivity (Wildman–Crippen MR) is 75.8 cm³/mol. The van der Waals surface area contributed by atoms with Crippen LogP contribution < -0.4 is 5.32 Å². The lowest BCUT2D eigenvalue weighted by atomic mass is 10.2. The summed E-state index contributed by atoms with van der Waals surface area (Å²) in [5.74, 6) is 0.139. The molecule has 0 aromatic rings. The lowest BCUT2D eigenvalue weighted by Crippen LogP contribution is -2.28. The van der Waals surface area contributed by atoms with Crippen molar-refractivity contribution in [1.29, 1.82) is 0 Å². The molecule has 1 unspecified atom stereocenters. The van der Waals surface area contributed by atoms with E-state index < -0.39 is 6.72 Å². The normalized spacial score (nSPS) is 14.5. The summed E-state index contributed by atoms with van der Waals surface area (Å²) in [5, 5.41) is 2.87. The fraction of sp³-hybridized carbons (Fsp3) is 0.909. The number of unbranched alkanes of at least 4 members (excludes halogenated alkanes) is 3. The summed E-state index contributed by atoms with van der Waals surface area (Å²) in [6, 6.07) is 0. The van der Waals surface area contributed by atoms with E-state index in [1.165, 1.54) is 7.11 Å². The Labute approximate surface area is 115 Å². The Morgan fingerprint density at radius 3 is 2.50 bits per heavy atom. The molecule has 0 aliphatic heterocycles.